The lowest BCUT2D eigenvalue weighted by Gasteiger charge is -2.13. The maximum atomic E-state index is 10.8. The lowest BCUT2D eigenvalue weighted by molar-refractivity contribution is -0.0196. The first-order valence-electron chi connectivity index (χ1n) is 8.31. The summed E-state index contributed by atoms with van der Waals surface area (Å²) in [6.07, 6.45) is 0.800. The molecule has 1 unspecified atom stereocenters. The number of carbonyl (C=O) groups is 1. The summed E-state index contributed by atoms with van der Waals surface area (Å²) in [6.45, 7) is 0. The van der Waals surface area contributed by atoms with Crippen molar-refractivity contribution in [3.05, 3.63) is 72.6 Å². The van der Waals surface area contributed by atoms with Crippen LogP contribution in [0.2, 0.25) is 0 Å². The summed E-state index contributed by atoms with van der Waals surface area (Å²) in [5.74, 6) is 0.485. The van der Waals surface area contributed by atoms with Gasteiger partial charge in [0, 0.05) is 23.5 Å². The average Bonchev–Trinajstić information content (AvgIpc) is 3.11. The first kappa shape index (κ1) is 17.4. The third-order valence-corrected chi connectivity index (χ3v) is 3.95. The molecule has 0 aliphatic rings. The average molecular weight is 377 g/mol. The predicted octanol–water partition coefficient (Wildman–Crippen LogP) is 2.95. The molecule has 0 aliphatic carbocycles. The van der Waals surface area contributed by atoms with Crippen LogP contribution in [0.3, 0.4) is 0 Å². The lowest BCUT2D eigenvalue weighted by Crippen LogP contribution is -2.08. The molecule has 140 valence electrons. The fraction of sp³-hybridized carbons (Fsp3) is 0.0526. The van der Waals surface area contributed by atoms with E-state index in [2.05, 4.69) is 20.4 Å². The van der Waals surface area contributed by atoms with Gasteiger partial charge in [-0.3, -0.25) is 10.3 Å². The normalized spacial score (nSPS) is 11.9. The summed E-state index contributed by atoms with van der Waals surface area (Å²) in [4.78, 5) is 18.9. The van der Waals surface area contributed by atoms with E-state index < -0.39 is 12.4 Å². The number of hydrogen-bond donors (Lipinski definition) is 3. The van der Waals surface area contributed by atoms with Gasteiger partial charge in [0.1, 0.15) is 5.75 Å². The lowest BCUT2D eigenvalue weighted by atomic mass is 10.1. The highest BCUT2D eigenvalue weighted by molar-refractivity contribution is 5.80. The second kappa shape index (κ2) is 7.33. The van der Waals surface area contributed by atoms with Crippen LogP contribution in [0.5, 0.6) is 5.75 Å². The zero-order valence-corrected chi connectivity index (χ0v) is 14.4. The molecule has 0 fully saturated rings. The minimum atomic E-state index is -1.23. The monoisotopic (exact) mass is 377 g/mol. The van der Waals surface area contributed by atoms with Crippen molar-refractivity contribution in [2.45, 2.75) is 6.29 Å². The number of fused-ring (bicyclic) bond motifs is 1. The van der Waals surface area contributed by atoms with E-state index in [9.17, 15) is 9.90 Å². The van der Waals surface area contributed by atoms with Gasteiger partial charge in [-0.2, -0.15) is 4.98 Å². The van der Waals surface area contributed by atoms with Gasteiger partial charge >= 0.3 is 6.09 Å². The van der Waals surface area contributed by atoms with Crippen molar-refractivity contribution < 1.29 is 19.7 Å². The Morgan fingerprint density at radius 3 is 2.64 bits per heavy atom. The van der Waals surface area contributed by atoms with Gasteiger partial charge in [-0.15, -0.1) is 5.10 Å². The number of aliphatic hydroxyl groups is 1. The predicted molar refractivity (Wildman–Crippen MR) is 99.9 cm³/mol. The molecule has 3 aromatic heterocycles. The number of nitrogens with one attached hydrogen (secondary N) is 1. The molecular formula is C19H15N5O4. The van der Waals surface area contributed by atoms with Crippen LogP contribution in [-0.2, 0) is 0 Å². The van der Waals surface area contributed by atoms with E-state index in [1.165, 1.54) is 6.20 Å². The van der Waals surface area contributed by atoms with Crippen LogP contribution in [0.1, 0.15) is 11.9 Å². The van der Waals surface area contributed by atoms with E-state index in [0.717, 1.165) is 11.3 Å². The minimum Gasteiger partial charge on any atom is -0.465 e. The molecular weight excluding hydrogens is 362 g/mol. The van der Waals surface area contributed by atoms with Crippen molar-refractivity contribution in [3.8, 4) is 17.0 Å². The Balaban J connectivity index is 1.58. The van der Waals surface area contributed by atoms with Crippen LogP contribution in [0.25, 0.3) is 16.9 Å². The number of rotatable bonds is 5. The van der Waals surface area contributed by atoms with Gasteiger partial charge in [0.25, 0.3) is 5.95 Å². The van der Waals surface area contributed by atoms with E-state index in [4.69, 9.17) is 9.84 Å². The highest BCUT2D eigenvalue weighted by Gasteiger charge is 2.12. The second-order valence-corrected chi connectivity index (χ2v) is 5.83. The summed E-state index contributed by atoms with van der Waals surface area (Å²) >= 11 is 0. The maximum Gasteiger partial charge on any atom is 0.411 e. The number of anilines is 1. The number of ether oxygens (including phenoxy) is 1. The number of nitrogens with zero attached hydrogens (tertiary/aromatic N) is 4. The Bertz CT molecular complexity index is 1110. The Hall–Kier alpha value is -3.98. The van der Waals surface area contributed by atoms with Gasteiger partial charge in [-0.25, -0.2) is 9.31 Å². The zero-order valence-electron chi connectivity index (χ0n) is 14.4. The SMILES string of the molecule is O=C(O)Nc1nc2cccc(-c3ccc(OC(O)c4cccnc4)cc3)n2n1. The van der Waals surface area contributed by atoms with Crippen LogP contribution in [0, 0.1) is 0 Å². The van der Waals surface area contributed by atoms with Crippen LogP contribution in [0.4, 0.5) is 10.7 Å². The largest absolute Gasteiger partial charge is 0.465 e. The topological polar surface area (TPSA) is 122 Å². The van der Waals surface area contributed by atoms with Crippen molar-refractivity contribution in [3.63, 3.8) is 0 Å². The molecule has 0 saturated carbocycles. The van der Waals surface area contributed by atoms with E-state index in [0.29, 0.717) is 17.0 Å². The maximum absolute atomic E-state index is 10.8. The van der Waals surface area contributed by atoms with Crippen LogP contribution < -0.4 is 10.1 Å². The number of pyridine rings is 2. The highest BCUT2D eigenvalue weighted by atomic mass is 16.6. The smallest absolute Gasteiger partial charge is 0.411 e. The Labute approximate surface area is 158 Å². The van der Waals surface area contributed by atoms with Crippen molar-refractivity contribution >= 4 is 17.7 Å². The second-order valence-electron chi connectivity index (χ2n) is 5.83. The highest BCUT2D eigenvalue weighted by Crippen LogP contribution is 2.25. The van der Waals surface area contributed by atoms with Gasteiger partial charge in [0.05, 0.1) is 5.69 Å². The molecule has 3 heterocycles. The van der Waals surface area contributed by atoms with Gasteiger partial charge in [-0.05, 0) is 48.5 Å². The minimum absolute atomic E-state index is 0.000466. The molecule has 0 saturated heterocycles. The van der Waals surface area contributed by atoms with Crippen LogP contribution in [-0.4, -0.2) is 35.9 Å². The fourth-order valence-corrected chi connectivity index (χ4v) is 2.70. The molecule has 0 spiro atoms. The molecule has 0 aliphatic heterocycles. The van der Waals surface area contributed by atoms with Gasteiger partial charge in [0.2, 0.25) is 6.29 Å². The van der Waals surface area contributed by atoms with Crippen molar-refractivity contribution in [2.75, 3.05) is 5.32 Å². The molecule has 1 aromatic carbocycles. The molecule has 3 N–H and O–H groups in total. The van der Waals surface area contributed by atoms with Crippen molar-refractivity contribution in [1.82, 2.24) is 19.6 Å². The molecule has 9 heteroatoms. The third kappa shape index (κ3) is 3.60. The summed E-state index contributed by atoms with van der Waals surface area (Å²) in [7, 11) is 0. The van der Waals surface area contributed by atoms with Crippen molar-refractivity contribution in [1.29, 1.82) is 0 Å². The molecule has 1 atom stereocenters. The van der Waals surface area contributed by atoms with E-state index in [-0.39, 0.29) is 5.95 Å². The summed E-state index contributed by atoms with van der Waals surface area (Å²) in [5, 5.41) is 25.3. The van der Waals surface area contributed by atoms with Gasteiger partial charge < -0.3 is 14.9 Å². The summed E-state index contributed by atoms with van der Waals surface area (Å²) in [5.41, 5.74) is 2.61. The van der Waals surface area contributed by atoms with E-state index in [1.807, 2.05) is 18.2 Å². The van der Waals surface area contributed by atoms with Crippen molar-refractivity contribution in [2.24, 2.45) is 0 Å². The number of amides is 1. The summed E-state index contributed by atoms with van der Waals surface area (Å²) in [6, 6.07) is 15.9. The number of aromatic nitrogens is 4. The van der Waals surface area contributed by atoms with Crippen LogP contribution in [0.15, 0.2) is 67.0 Å². The summed E-state index contributed by atoms with van der Waals surface area (Å²) < 4.78 is 7.08. The van der Waals surface area contributed by atoms with E-state index in [1.54, 1.807) is 47.1 Å². The number of carboxylic acid groups (broad SMARTS) is 1. The molecule has 9 nitrogen and oxygen atoms in total. The Morgan fingerprint density at radius 2 is 1.93 bits per heavy atom. The Morgan fingerprint density at radius 1 is 1.11 bits per heavy atom. The number of benzene rings is 1. The first-order chi connectivity index (χ1) is 13.6. The zero-order chi connectivity index (χ0) is 19.5. The number of aliphatic hydroxyl groups excluding tert-OH is 1. The van der Waals surface area contributed by atoms with Crippen LogP contribution >= 0.6 is 0 Å². The van der Waals surface area contributed by atoms with Gasteiger partial charge in [0.15, 0.2) is 5.65 Å². The molecule has 4 rings (SSSR count). The molecule has 0 radical (unpaired) electrons. The fourth-order valence-electron chi connectivity index (χ4n) is 2.70. The van der Waals surface area contributed by atoms with E-state index >= 15 is 0 Å². The molecule has 0 bridgehead atoms. The number of hydrogen-bond acceptors (Lipinski definition) is 6. The van der Waals surface area contributed by atoms with Gasteiger partial charge in [-0.1, -0.05) is 6.07 Å². The molecule has 1 amide bonds. The molecule has 4 aromatic rings. The Kier molecular flexibility index (Phi) is 4.56. The first-order valence-corrected chi connectivity index (χ1v) is 8.31. The molecule has 28 heavy (non-hydrogen) atoms. The quantitative estimate of drug-likeness (QED) is 0.457. The third-order valence-electron chi connectivity index (χ3n) is 3.95. The standard InChI is InChI=1S/C19H15N5O4/c25-17(13-3-2-10-20-11-13)28-14-8-6-12(7-9-14)15-4-1-5-16-21-18(22-19(26)27)23-24(15)16/h1-11,17,25H,(H,22,23)(H,26,27).